The van der Waals surface area contributed by atoms with Crippen LogP contribution in [0.4, 0.5) is 0 Å². The summed E-state index contributed by atoms with van der Waals surface area (Å²) < 4.78 is 28.1. The van der Waals surface area contributed by atoms with Crippen LogP contribution in [0.3, 0.4) is 0 Å². The Kier molecular flexibility index (Phi) is 4.23. The third kappa shape index (κ3) is 3.30. The van der Waals surface area contributed by atoms with E-state index >= 15 is 0 Å². The molecule has 1 aliphatic rings. The fraction of sp³-hybridized carbons (Fsp3) is 0.750. The van der Waals surface area contributed by atoms with E-state index in [0.29, 0.717) is 25.5 Å². The van der Waals surface area contributed by atoms with Crippen molar-refractivity contribution in [3.63, 3.8) is 0 Å². The number of nitrogens with zero attached hydrogens (tertiary/aromatic N) is 3. The van der Waals surface area contributed by atoms with Crippen LogP contribution in [0.2, 0.25) is 0 Å². The van der Waals surface area contributed by atoms with Gasteiger partial charge in [0, 0.05) is 31.7 Å². The summed E-state index contributed by atoms with van der Waals surface area (Å²) >= 11 is 5.62. The minimum atomic E-state index is -3.40. The third-order valence-corrected chi connectivity index (χ3v) is 5.48. The van der Waals surface area contributed by atoms with Crippen molar-refractivity contribution in [3.8, 4) is 0 Å². The Bertz CT molecular complexity index is 539. The van der Waals surface area contributed by atoms with Crippen molar-refractivity contribution in [2.24, 2.45) is 5.41 Å². The van der Waals surface area contributed by atoms with Crippen LogP contribution >= 0.6 is 11.6 Å². The van der Waals surface area contributed by atoms with E-state index in [1.54, 1.807) is 15.2 Å². The van der Waals surface area contributed by atoms with Gasteiger partial charge in [-0.2, -0.15) is 9.40 Å². The Hall–Kier alpha value is -0.590. The molecule has 1 fully saturated rings. The molecule has 108 valence electrons. The van der Waals surface area contributed by atoms with Gasteiger partial charge in [-0.15, -0.1) is 11.6 Å². The molecule has 2 rings (SSSR count). The van der Waals surface area contributed by atoms with E-state index in [9.17, 15) is 8.42 Å². The first-order valence-electron chi connectivity index (χ1n) is 6.44. The quantitative estimate of drug-likeness (QED) is 0.781. The first kappa shape index (κ1) is 14.8. The number of hydrogen-bond donors (Lipinski definition) is 0. The zero-order chi connectivity index (χ0) is 14.1. The van der Waals surface area contributed by atoms with Crippen LogP contribution in [-0.4, -0.2) is 41.5 Å². The molecule has 1 saturated heterocycles. The maximum Gasteiger partial charge on any atom is 0.246 e. The number of sulfonamides is 1. The Balaban J connectivity index is 2.14. The van der Waals surface area contributed by atoms with Crippen LogP contribution in [0.5, 0.6) is 0 Å². The molecule has 1 aromatic heterocycles. The van der Waals surface area contributed by atoms with Gasteiger partial charge in [-0.1, -0.05) is 13.8 Å². The van der Waals surface area contributed by atoms with Gasteiger partial charge in [0.1, 0.15) is 4.90 Å². The number of hydrogen-bond acceptors (Lipinski definition) is 3. The topological polar surface area (TPSA) is 55.2 Å². The SMILES string of the molecule is CC1(C)CCN(S(=O)(=O)c2cnn(CCCCl)c2)C1. The summed E-state index contributed by atoms with van der Waals surface area (Å²) in [6.45, 7) is 5.98. The Morgan fingerprint density at radius 3 is 2.79 bits per heavy atom. The highest BCUT2D eigenvalue weighted by molar-refractivity contribution is 7.89. The van der Waals surface area contributed by atoms with Gasteiger partial charge in [0.25, 0.3) is 0 Å². The smallest absolute Gasteiger partial charge is 0.246 e. The number of halogens is 1. The highest BCUT2D eigenvalue weighted by Crippen LogP contribution is 2.32. The van der Waals surface area contributed by atoms with Crippen molar-refractivity contribution in [3.05, 3.63) is 12.4 Å². The van der Waals surface area contributed by atoms with Gasteiger partial charge >= 0.3 is 0 Å². The molecule has 0 saturated carbocycles. The van der Waals surface area contributed by atoms with Crippen molar-refractivity contribution < 1.29 is 8.42 Å². The molecule has 0 spiro atoms. The lowest BCUT2D eigenvalue weighted by Gasteiger charge is -2.18. The molecule has 1 aliphatic heterocycles. The summed E-state index contributed by atoms with van der Waals surface area (Å²) in [6, 6.07) is 0. The lowest BCUT2D eigenvalue weighted by Crippen LogP contribution is -2.30. The first-order chi connectivity index (χ1) is 8.85. The summed E-state index contributed by atoms with van der Waals surface area (Å²) in [4.78, 5) is 0.278. The van der Waals surface area contributed by atoms with Gasteiger partial charge in [-0.25, -0.2) is 8.42 Å². The van der Waals surface area contributed by atoms with Crippen molar-refractivity contribution in [1.29, 1.82) is 0 Å². The van der Waals surface area contributed by atoms with Gasteiger partial charge in [0.15, 0.2) is 0 Å². The number of aromatic nitrogens is 2. The van der Waals surface area contributed by atoms with E-state index < -0.39 is 10.0 Å². The molecule has 5 nitrogen and oxygen atoms in total. The standard InChI is InChI=1S/C12H20ClN3O2S/c1-12(2)4-7-16(10-12)19(17,18)11-8-14-15(9-11)6-3-5-13/h8-9H,3-7,10H2,1-2H3. The second-order valence-corrected chi connectivity index (χ2v) is 8.05. The van der Waals surface area contributed by atoms with Crippen LogP contribution in [0.25, 0.3) is 0 Å². The molecule has 0 bridgehead atoms. The van der Waals surface area contributed by atoms with E-state index in [1.165, 1.54) is 6.20 Å². The van der Waals surface area contributed by atoms with Crippen molar-refractivity contribution in [2.75, 3.05) is 19.0 Å². The summed E-state index contributed by atoms with van der Waals surface area (Å²) in [5, 5.41) is 4.08. The first-order valence-corrected chi connectivity index (χ1v) is 8.41. The van der Waals surface area contributed by atoms with Gasteiger partial charge in [-0.05, 0) is 18.3 Å². The summed E-state index contributed by atoms with van der Waals surface area (Å²) in [7, 11) is -3.40. The number of rotatable bonds is 5. The predicted octanol–water partition coefficient (Wildman–Crippen LogP) is 1.93. The molecular formula is C12H20ClN3O2S. The highest BCUT2D eigenvalue weighted by Gasteiger charge is 2.37. The number of alkyl halides is 1. The second-order valence-electron chi connectivity index (χ2n) is 5.73. The molecule has 2 heterocycles. The Morgan fingerprint density at radius 1 is 1.47 bits per heavy atom. The monoisotopic (exact) mass is 305 g/mol. The average molecular weight is 306 g/mol. The fourth-order valence-corrected chi connectivity index (χ4v) is 3.94. The van der Waals surface area contributed by atoms with Gasteiger partial charge < -0.3 is 0 Å². The minimum absolute atomic E-state index is 0.0572. The highest BCUT2D eigenvalue weighted by atomic mass is 35.5. The largest absolute Gasteiger partial charge is 0.271 e. The molecule has 0 aromatic carbocycles. The molecule has 0 unspecified atom stereocenters. The minimum Gasteiger partial charge on any atom is -0.271 e. The van der Waals surface area contributed by atoms with Crippen molar-refractivity contribution in [2.45, 2.75) is 38.1 Å². The Morgan fingerprint density at radius 2 is 2.21 bits per heavy atom. The van der Waals surface area contributed by atoms with Crippen LogP contribution in [0, 0.1) is 5.41 Å². The van der Waals surface area contributed by atoms with Gasteiger partial charge in [-0.3, -0.25) is 4.68 Å². The van der Waals surface area contributed by atoms with Crippen molar-refractivity contribution in [1.82, 2.24) is 14.1 Å². The molecule has 7 heteroatoms. The Labute approximate surface area is 119 Å². The lowest BCUT2D eigenvalue weighted by molar-refractivity contribution is 0.375. The molecule has 0 aliphatic carbocycles. The number of aryl methyl sites for hydroxylation is 1. The molecule has 0 radical (unpaired) electrons. The van der Waals surface area contributed by atoms with Crippen LogP contribution < -0.4 is 0 Å². The predicted molar refractivity (Wildman–Crippen MR) is 74.7 cm³/mol. The summed E-state index contributed by atoms with van der Waals surface area (Å²) in [5.74, 6) is 0.544. The van der Waals surface area contributed by atoms with E-state index in [0.717, 1.165) is 12.8 Å². The average Bonchev–Trinajstić information content (AvgIpc) is 2.93. The molecular weight excluding hydrogens is 286 g/mol. The molecule has 0 N–H and O–H groups in total. The summed E-state index contributed by atoms with van der Waals surface area (Å²) in [5.41, 5.74) is 0.0572. The molecule has 19 heavy (non-hydrogen) atoms. The van der Waals surface area contributed by atoms with Gasteiger partial charge in [0.2, 0.25) is 10.0 Å². The maximum absolute atomic E-state index is 12.5. The zero-order valence-corrected chi connectivity index (χ0v) is 12.9. The van der Waals surface area contributed by atoms with Gasteiger partial charge in [0.05, 0.1) is 6.20 Å². The van der Waals surface area contributed by atoms with Crippen LogP contribution in [0.1, 0.15) is 26.7 Å². The van der Waals surface area contributed by atoms with E-state index in [4.69, 9.17) is 11.6 Å². The van der Waals surface area contributed by atoms with E-state index in [1.807, 2.05) is 0 Å². The second kappa shape index (κ2) is 5.42. The summed E-state index contributed by atoms with van der Waals surface area (Å²) in [6.07, 6.45) is 4.69. The molecule has 0 atom stereocenters. The lowest BCUT2D eigenvalue weighted by atomic mass is 9.93. The maximum atomic E-state index is 12.5. The third-order valence-electron chi connectivity index (χ3n) is 3.41. The fourth-order valence-electron chi connectivity index (χ4n) is 2.24. The molecule has 0 amide bonds. The zero-order valence-electron chi connectivity index (χ0n) is 11.3. The normalized spacial score (nSPS) is 19.9. The van der Waals surface area contributed by atoms with E-state index in [2.05, 4.69) is 18.9 Å². The van der Waals surface area contributed by atoms with Crippen molar-refractivity contribution >= 4 is 21.6 Å². The molecule has 1 aromatic rings. The van der Waals surface area contributed by atoms with E-state index in [-0.39, 0.29) is 10.3 Å². The van der Waals surface area contributed by atoms with Crippen LogP contribution in [-0.2, 0) is 16.6 Å². The van der Waals surface area contributed by atoms with Crippen LogP contribution in [0.15, 0.2) is 17.3 Å².